The topological polar surface area (TPSA) is 72.6 Å². The molecule has 5 nitrogen and oxygen atoms in total. The molecule has 1 aliphatic heterocycles. The van der Waals surface area contributed by atoms with Gasteiger partial charge in [-0.15, -0.1) is 0 Å². The van der Waals surface area contributed by atoms with Crippen LogP contribution < -0.4 is 5.73 Å². The van der Waals surface area contributed by atoms with E-state index >= 15 is 0 Å². The summed E-state index contributed by atoms with van der Waals surface area (Å²) in [6.07, 6.45) is 5.14. The van der Waals surface area contributed by atoms with Crippen LogP contribution >= 0.6 is 0 Å². The van der Waals surface area contributed by atoms with Gasteiger partial charge in [-0.3, -0.25) is 4.79 Å². The molecule has 0 bridgehead atoms. The minimum Gasteiger partial charge on any atom is -0.449 e. The second-order valence-corrected chi connectivity index (χ2v) is 12.0. The summed E-state index contributed by atoms with van der Waals surface area (Å²) in [5.41, 5.74) is 7.45. The van der Waals surface area contributed by atoms with Crippen LogP contribution in [0.25, 0.3) is 0 Å². The summed E-state index contributed by atoms with van der Waals surface area (Å²) in [4.78, 5) is 25.9. The van der Waals surface area contributed by atoms with Crippen molar-refractivity contribution in [2.24, 2.45) is 28.4 Å². The molecule has 4 fully saturated rings. The van der Waals surface area contributed by atoms with E-state index in [1.165, 1.54) is 5.56 Å². The highest BCUT2D eigenvalue weighted by molar-refractivity contribution is 5.81. The fraction of sp³-hybridized carbons (Fsp3) is 0.692. The molecular formula is C26H35FN2O3. The summed E-state index contributed by atoms with van der Waals surface area (Å²) in [6, 6.07) is 5.62. The van der Waals surface area contributed by atoms with Crippen molar-refractivity contribution in [3.8, 4) is 0 Å². The third-order valence-electron chi connectivity index (χ3n) is 8.98. The highest BCUT2D eigenvalue weighted by Crippen LogP contribution is 2.71. The van der Waals surface area contributed by atoms with Gasteiger partial charge in [0.05, 0.1) is 6.61 Å². The first-order valence-corrected chi connectivity index (χ1v) is 12.0. The summed E-state index contributed by atoms with van der Waals surface area (Å²) in [5, 5.41) is 0. The van der Waals surface area contributed by atoms with Crippen LogP contribution in [0, 0.1) is 28.5 Å². The molecule has 174 valence electrons. The zero-order valence-corrected chi connectivity index (χ0v) is 19.5. The maximum atomic E-state index is 14.6. The molecule has 3 atom stereocenters. The van der Waals surface area contributed by atoms with Gasteiger partial charge < -0.3 is 15.4 Å². The zero-order chi connectivity index (χ0) is 22.9. The Labute approximate surface area is 189 Å². The summed E-state index contributed by atoms with van der Waals surface area (Å²) >= 11 is 0. The number of rotatable bonds is 4. The number of fused-ring (bicyclic) bond motifs is 1. The quantitative estimate of drug-likeness (QED) is 0.733. The van der Waals surface area contributed by atoms with Crippen molar-refractivity contribution in [3.05, 3.63) is 35.1 Å². The van der Waals surface area contributed by atoms with Crippen LogP contribution in [-0.2, 0) is 14.9 Å². The maximum absolute atomic E-state index is 14.6. The van der Waals surface area contributed by atoms with Crippen molar-refractivity contribution in [1.82, 2.24) is 4.90 Å². The normalized spacial score (nSPS) is 30.8. The fourth-order valence-electron chi connectivity index (χ4n) is 6.67. The number of ether oxygens (including phenoxy) is 1. The number of piperidine rings is 1. The summed E-state index contributed by atoms with van der Waals surface area (Å²) in [6.45, 7) is 8.47. The number of primary amides is 1. The molecule has 1 unspecified atom stereocenters. The predicted octanol–water partition coefficient (Wildman–Crippen LogP) is 4.73. The van der Waals surface area contributed by atoms with Crippen LogP contribution in [0.1, 0.15) is 76.3 Å². The van der Waals surface area contributed by atoms with Gasteiger partial charge in [0.2, 0.25) is 5.91 Å². The lowest BCUT2D eigenvalue weighted by Crippen LogP contribution is -2.51. The molecule has 1 aromatic carbocycles. The molecule has 32 heavy (non-hydrogen) atoms. The van der Waals surface area contributed by atoms with Crippen LogP contribution in [0.3, 0.4) is 0 Å². The molecule has 2 N–H and O–H groups in total. The van der Waals surface area contributed by atoms with Gasteiger partial charge >= 0.3 is 6.09 Å². The highest BCUT2D eigenvalue weighted by Gasteiger charge is 2.70. The Morgan fingerprint density at radius 2 is 1.84 bits per heavy atom. The molecule has 1 aromatic rings. The average molecular weight is 443 g/mol. The van der Waals surface area contributed by atoms with Crippen LogP contribution in [0.4, 0.5) is 9.18 Å². The smallest absolute Gasteiger partial charge is 0.404 e. The first-order chi connectivity index (χ1) is 15.0. The standard InChI is InChI=1S/C26H35FN2O3/c1-24(2,3)17-4-5-21(27)18(10-17)16-11-25(12-16)6-8-29(9-7-25)22(30)19-13-26(14-20(19)26)15-32-23(28)31/h4-5,10,16,19-20H,6-9,11-15H2,1-3H3,(H2,28,31)/t19-,20?,26-/m1/s1. The second kappa shape index (κ2) is 7.19. The third-order valence-corrected chi connectivity index (χ3v) is 8.98. The summed E-state index contributed by atoms with van der Waals surface area (Å²) < 4.78 is 19.6. The Kier molecular flexibility index (Phi) is 4.88. The molecule has 1 spiro atoms. The minimum absolute atomic E-state index is 0.0161. The molecule has 1 heterocycles. The van der Waals surface area contributed by atoms with Gasteiger partial charge in [0, 0.05) is 24.4 Å². The highest BCUT2D eigenvalue weighted by atomic mass is 19.1. The van der Waals surface area contributed by atoms with Gasteiger partial charge in [0.25, 0.3) is 0 Å². The number of hydrogen-bond donors (Lipinski definition) is 1. The third kappa shape index (κ3) is 3.60. The Morgan fingerprint density at radius 3 is 2.44 bits per heavy atom. The molecule has 5 rings (SSSR count). The van der Waals surface area contributed by atoms with Gasteiger partial charge in [-0.25, -0.2) is 9.18 Å². The van der Waals surface area contributed by atoms with E-state index in [0.29, 0.717) is 18.4 Å². The first-order valence-electron chi connectivity index (χ1n) is 12.0. The van der Waals surface area contributed by atoms with Gasteiger partial charge in [0.15, 0.2) is 0 Å². The molecule has 4 aliphatic rings. The van der Waals surface area contributed by atoms with Gasteiger partial charge in [-0.05, 0) is 78.4 Å². The van der Waals surface area contributed by atoms with E-state index in [2.05, 4.69) is 26.8 Å². The zero-order valence-electron chi connectivity index (χ0n) is 19.5. The van der Waals surface area contributed by atoms with Crippen molar-refractivity contribution in [1.29, 1.82) is 0 Å². The number of amides is 2. The average Bonchev–Trinajstić information content (AvgIpc) is 3.28. The van der Waals surface area contributed by atoms with Gasteiger partial charge in [0.1, 0.15) is 5.82 Å². The van der Waals surface area contributed by atoms with E-state index < -0.39 is 6.09 Å². The number of benzene rings is 1. The monoisotopic (exact) mass is 442 g/mol. The van der Waals surface area contributed by atoms with Gasteiger partial charge in [-0.1, -0.05) is 32.9 Å². The van der Waals surface area contributed by atoms with E-state index in [4.69, 9.17) is 10.5 Å². The Hall–Kier alpha value is -2.11. The SMILES string of the molecule is CC(C)(C)c1ccc(F)c(C2CC3(CCN(C(=O)[C@@H]4C[C@]5(COC(N)=O)CC45)CC3)C2)c1. The van der Waals surface area contributed by atoms with Crippen LogP contribution in [-0.4, -0.2) is 36.6 Å². The molecule has 1 saturated heterocycles. The number of carbonyl (C=O) groups is 2. The molecule has 2 amide bonds. The number of carbonyl (C=O) groups excluding carboxylic acids is 2. The lowest BCUT2D eigenvalue weighted by Gasteiger charge is -2.53. The number of halogens is 1. The molecule has 6 heteroatoms. The van der Waals surface area contributed by atoms with Crippen molar-refractivity contribution in [2.45, 2.75) is 70.6 Å². The van der Waals surface area contributed by atoms with Gasteiger partial charge in [-0.2, -0.15) is 0 Å². The second-order valence-electron chi connectivity index (χ2n) is 12.0. The van der Waals surface area contributed by atoms with E-state index in [1.807, 2.05) is 11.0 Å². The lowest BCUT2D eigenvalue weighted by molar-refractivity contribution is -0.144. The molecule has 0 radical (unpaired) electrons. The van der Waals surface area contributed by atoms with E-state index in [9.17, 15) is 14.0 Å². The van der Waals surface area contributed by atoms with E-state index in [1.54, 1.807) is 6.07 Å². The van der Waals surface area contributed by atoms with Crippen molar-refractivity contribution >= 4 is 12.0 Å². The Balaban J connectivity index is 1.13. The molecule has 3 saturated carbocycles. The number of likely N-dealkylation sites (tertiary alicyclic amines) is 1. The molecule has 3 aliphatic carbocycles. The number of hydrogen-bond acceptors (Lipinski definition) is 3. The van der Waals surface area contributed by atoms with Crippen LogP contribution in [0.15, 0.2) is 18.2 Å². The number of nitrogens with two attached hydrogens (primary N) is 1. The minimum atomic E-state index is -0.732. The predicted molar refractivity (Wildman–Crippen MR) is 120 cm³/mol. The van der Waals surface area contributed by atoms with E-state index in [-0.39, 0.29) is 33.9 Å². The Bertz CT molecular complexity index is 939. The van der Waals surface area contributed by atoms with Crippen LogP contribution in [0.2, 0.25) is 0 Å². The molecule has 0 aromatic heterocycles. The molecular weight excluding hydrogens is 407 g/mol. The maximum Gasteiger partial charge on any atom is 0.404 e. The fourth-order valence-corrected chi connectivity index (χ4v) is 6.67. The van der Waals surface area contributed by atoms with Crippen LogP contribution in [0.5, 0.6) is 0 Å². The summed E-state index contributed by atoms with van der Waals surface area (Å²) in [7, 11) is 0. The number of nitrogens with zero attached hydrogens (tertiary/aromatic N) is 1. The summed E-state index contributed by atoms with van der Waals surface area (Å²) in [5.74, 6) is 0.935. The largest absolute Gasteiger partial charge is 0.449 e. The lowest BCUT2D eigenvalue weighted by atomic mass is 9.55. The van der Waals surface area contributed by atoms with E-state index in [0.717, 1.165) is 57.2 Å². The first kappa shape index (κ1) is 21.7. The van der Waals surface area contributed by atoms with Crippen molar-refractivity contribution in [3.63, 3.8) is 0 Å². The van der Waals surface area contributed by atoms with Crippen molar-refractivity contribution in [2.75, 3.05) is 19.7 Å². The Morgan fingerprint density at radius 1 is 1.16 bits per heavy atom. The van der Waals surface area contributed by atoms with Crippen molar-refractivity contribution < 1.29 is 18.7 Å².